The first-order valence-electron chi connectivity index (χ1n) is 13.7. The van der Waals surface area contributed by atoms with Crippen LogP contribution in [-0.2, 0) is 10.0 Å². The van der Waals surface area contributed by atoms with Crippen molar-refractivity contribution in [2.45, 2.75) is 70.4 Å². The number of hydrogen-bond donors (Lipinski definition) is 3. The Morgan fingerprint density at radius 2 is 1.67 bits per heavy atom. The molecule has 4 rings (SSSR count). The molecule has 1 aliphatic heterocycles. The fourth-order valence-electron chi connectivity index (χ4n) is 5.40. The average molecular weight is 552 g/mol. The molecule has 0 spiro atoms. The largest absolute Gasteiger partial charge is 0.339 e. The van der Waals surface area contributed by atoms with Gasteiger partial charge in [0, 0.05) is 36.4 Å². The number of nitrogens with zero attached hydrogens (tertiary/aromatic N) is 2. The van der Waals surface area contributed by atoms with Gasteiger partial charge in [0.15, 0.2) is 0 Å². The van der Waals surface area contributed by atoms with Gasteiger partial charge in [-0.25, -0.2) is 17.9 Å². The minimum Gasteiger partial charge on any atom is -0.339 e. The number of piperidine rings is 1. The smallest absolute Gasteiger partial charge is 0.319 e. The van der Waals surface area contributed by atoms with Crippen LogP contribution < -0.4 is 15.4 Å². The number of hydrogen-bond acceptors (Lipinski definition) is 5. The Morgan fingerprint density at radius 1 is 1.00 bits per heavy atom. The predicted octanol–water partition coefficient (Wildman–Crippen LogP) is 4.26. The molecule has 208 valence electrons. The molecule has 10 heteroatoms. The maximum atomic E-state index is 13.3. The first kappa shape index (κ1) is 28.6. The van der Waals surface area contributed by atoms with Crippen molar-refractivity contribution in [3.63, 3.8) is 0 Å². The molecule has 0 unspecified atom stereocenters. The maximum absolute atomic E-state index is 13.3. The van der Waals surface area contributed by atoms with E-state index in [2.05, 4.69) is 21.4 Å². The van der Waals surface area contributed by atoms with Crippen LogP contribution in [0.3, 0.4) is 0 Å². The normalized spacial score (nSPS) is 20.2. The predicted molar refractivity (Wildman–Crippen MR) is 151 cm³/mol. The average Bonchev–Trinajstić information content (AvgIpc) is 2.95. The Balaban J connectivity index is 1.36. The number of likely N-dealkylation sites (tertiary alicyclic amines) is 1. The van der Waals surface area contributed by atoms with Crippen molar-refractivity contribution in [1.29, 1.82) is 5.26 Å². The highest BCUT2D eigenvalue weighted by Gasteiger charge is 2.30. The van der Waals surface area contributed by atoms with Crippen LogP contribution in [0.15, 0.2) is 42.5 Å². The minimum atomic E-state index is -3.38. The zero-order valence-electron chi connectivity index (χ0n) is 22.6. The van der Waals surface area contributed by atoms with Crippen molar-refractivity contribution in [2.75, 3.05) is 24.2 Å². The molecule has 9 nitrogen and oxygen atoms in total. The number of amides is 3. The number of nitriles is 1. The number of carbonyl (C=O) groups excluding carboxylic acids is 2. The van der Waals surface area contributed by atoms with Gasteiger partial charge in [-0.15, -0.1) is 0 Å². The molecular formula is C29H37N5O4S. The number of anilines is 1. The maximum Gasteiger partial charge on any atom is 0.319 e. The summed E-state index contributed by atoms with van der Waals surface area (Å²) in [5.41, 5.74) is 3.72. The lowest BCUT2D eigenvalue weighted by molar-refractivity contribution is 0.0713. The number of urea groups is 1. The molecule has 0 bridgehead atoms. The second kappa shape index (κ2) is 12.6. The van der Waals surface area contributed by atoms with E-state index >= 15 is 0 Å². The van der Waals surface area contributed by atoms with E-state index in [1.807, 2.05) is 42.2 Å². The van der Waals surface area contributed by atoms with Crippen molar-refractivity contribution < 1.29 is 18.0 Å². The fourth-order valence-corrected chi connectivity index (χ4v) is 6.31. The summed E-state index contributed by atoms with van der Waals surface area (Å²) in [6, 6.07) is 14.1. The van der Waals surface area contributed by atoms with Crippen LogP contribution in [0.2, 0.25) is 0 Å². The molecule has 2 fully saturated rings. The first-order chi connectivity index (χ1) is 18.7. The molecule has 2 atom stereocenters. The Labute approximate surface area is 231 Å². The molecule has 3 amide bonds. The summed E-state index contributed by atoms with van der Waals surface area (Å²) in [5, 5.41) is 14.8. The van der Waals surface area contributed by atoms with Crippen LogP contribution in [0, 0.1) is 18.3 Å². The van der Waals surface area contributed by atoms with Crippen molar-refractivity contribution in [3.8, 4) is 6.07 Å². The number of aryl methyl sites for hydroxylation is 1. The highest BCUT2D eigenvalue weighted by Crippen LogP contribution is 2.29. The molecular weight excluding hydrogens is 514 g/mol. The van der Waals surface area contributed by atoms with Gasteiger partial charge in [-0.05, 0) is 80.8 Å². The van der Waals surface area contributed by atoms with Crippen molar-refractivity contribution in [2.24, 2.45) is 0 Å². The lowest BCUT2D eigenvalue weighted by Gasteiger charge is -2.33. The summed E-state index contributed by atoms with van der Waals surface area (Å²) in [7, 11) is -3.38. The van der Waals surface area contributed by atoms with Gasteiger partial charge in [0.05, 0.1) is 17.4 Å². The SMILES string of the molecule is CCS(=O)(=O)N[C@H]1CCCC[C@@H]1NC(=O)Nc1cc(C(=O)N2CCC(c3ccc(C#N)cc3)CC2)ccc1C. The third-order valence-corrected chi connectivity index (χ3v) is 9.24. The lowest BCUT2D eigenvalue weighted by atomic mass is 9.89. The molecule has 1 saturated heterocycles. The standard InChI is InChI=1S/C29H37N5O4S/c1-3-39(37,38)33-26-7-5-4-6-25(26)31-29(36)32-27-18-24(11-8-20(27)2)28(35)34-16-14-23(15-17-34)22-12-9-21(19-30)10-13-22/h8-13,18,23,25-26,33H,3-7,14-17H2,1-2H3,(H2,31,32,36)/t25-,26-/m0/s1. The second-order valence-electron chi connectivity index (χ2n) is 10.4. The van der Waals surface area contributed by atoms with Gasteiger partial charge in [-0.2, -0.15) is 5.26 Å². The number of carbonyl (C=O) groups is 2. The van der Waals surface area contributed by atoms with E-state index in [1.165, 1.54) is 5.56 Å². The second-order valence-corrected chi connectivity index (χ2v) is 12.5. The topological polar surface area (TPSA) is 131 Å². The van der Waals surface area contributed by atoms with Crippen LogP contribution in [0.4, 0.5) is 10.5 Å². The van der Waals surface area contributed by atoms with Gasteiger partial charge in [-0.1, -0.05) is 31.0 Å². The highest BCUT2D eigenvalue weighted by molar-refractivity contribution is 7.89. The van der Waals surface area contributed by atoms with Gasteiger partial charge in [0.25, 0.3) is 5.91 Å². The molecule has 1 aliphatic carbocycles. The monoisotopic (exact) mass is 551 g/mol. The van der Waals surface area contributed by atoms with E-state index in [0.717, 1.165) is 31.2 Å². The van der Waals surface area contributed by atoms with E-state index in [4.69, 9.17) is 5.26 Å². The van der Waals surface area contributed by atoms with Gasteiger partial charge in [0.2, 0.25) is 10.0 Å². The Morgan fingerprint density at radius 3 is 2.31 bits per heavy atom. The lowest BCUT2D eigenvalue weighted by Crippen LogP contribution is -2.54. The van der Waals surface area contributed by atoms with E-state index in [9.17, 15) is 18.0 Å². The third-order valence-electron chi connectivity index (χ3n) is 7.82. The van der Waals surface area contributed by atoms with E-state index in [1.54, 1.807) is 19.1 Å². The molecule has 1 heterocycles. The quantitative estimate of drug-likeness (QED) is 0.473. The highest BCUT2D eigenvalue weighted by atomic mass is 32.2. The zero-order valence-corrected chi connectivity index (χ0v) is 23.4. The van der Waals surface area contributed by atoms with Gasteiger partial charge < -0.3 is 15.5 Å². The summed E-state index contributed by atoms with van der Waals surface area (Å²) >= 11 is 0. The zero-order chi connectivity index (χ0) is 28.0. The molecule has 0 radical (unpaired) electrons. The van der Waals surface area contributed by atoms with Crippen molar-refractivity contribution in [1.82, 2.24) is 14.9 Å². The van der Waals surface area contributed by atoms with Crippen LogP contribution in [0.25, 0.3) is 0 Å². The van der Waals surface area contributed by atoms with Crippen LogP contribution in [-0.4, -0.2) is 56.2 Å². The fraction of sp³-hybridized carbons (Fsp3) is 0.483. The molecule has 3 N–H and O–H groups in total. The molecule has 2 aromatic carbocycles. The molecule has 39 heavy (non-hydrogen) atoms. The molecule has 2 aromatic rings. The third kappa shape index (κ3) is 7.37. The summed E-state index contributed by atoms with van der Waals surface area (Å²) in [4.78, 5) is 28.0. The van der Waals surface area contributed by atoms with E-state index < -0.39 is 16.1 Å². The van der Waals surface area contributed by atoms with Gasteiger partial charge in [0.1, 0.15) is 0 Å². The Bertz CT molecular complexity index is 1330. The molecule has 1 saturated carbocycles. The summed E-state index contributed by atoms with van der Waals surface area (Å²) < 4.78 is 26.9. The Kier molecular flexibility index (Phi) is 9.25. The van der Waals surface area contributed by atoms with E-state index in [-0.39, 0.29) is 23.7 Å². The van der Waals surface area contributed by atoms with Gasteiger partial charge >= 0.3 is 6.03 Å². The molecule has 2 aliphatic rings. The minimum absolute atomic E-state index is 0.00442. The summed E-state index contributed by atoms with van der Waals surface area (Å²) in [5.74, 6) is 0.277. The van der Waals surface area contributed by atoms with Crippen LogP contribution in [0.5, 0.6) is 0 Å². The van der Waals surface area contributed by atoms with Crippen molar-refractivity contribution >= 4 is 27.6 Å². The van der Waals surface area contributed by atoms with Crippen LogP contribution >= 0.6 is 0 Å². The van der Waals surface area contributed by atoms with Crippen LogP contribution in [0.1, 0.15) is 78.4 Å². The van der Waals surface area contributed by atoms with Gasteiger partial charge in [-0.3, -0.25) is 4.79 Å². The Hall–Kier alpha value is -3.42. The number of sulfonamides is 1. The van der Waals surface area contributed by atoms with E-state index in [0.29, 0.717) is 48.7 Å². The van der Waals surface area contributed by atoms with Crippen molar-refractivity contribution in [3.05, 3.63) is 64.7 Å². The number of benzene rings is 2. The summed E-state index contributed by atoms with van der Waals surface area (Å²) in [6.07, 6.45) is 4.89. The number of nitrogens with one attached hydrogen (secondary N) is 3. The number of rotatable bonds is 7. The first-order valence-corrected chi connectivity index (χ1v) is 15.3. The molecule has 0 aromatic heterocycles. The summed E-state index contributed by atoms with van der Waals surface area (Å²) in [6.45, 7) is 4.73.